The van der Waals surface area contributed by atoms with Gasteiger partial charge in [-0.25, -0.2) is 0 Å². The summed E-state index contributed by atoms with van der Waals surface area (Å²) in [7, 11) is 0. The minimum Gasteiger partial charge on any atom is -0.494 e. The molecule has 0 fully saturated rings. The van der Waals surface area contributed by atoms with E-state index in [0.29, 0.717) is 6.61 Å². The number of aryl methyl sites for hydroxylation is 1. The smallest absolute Gasteiger partial charge is 0.119 e. The van der Waals surface area contributed by atoms with E-state index in [4.69, 9.17) is 4.74 Å². The minimum atomic E-state index is 0.701. The predicted molar refractivity (Wildman–Crippen MR) is 73.9 cm³/mol. The number of rotatable bonds is 5. The van der Waals surface area contributed by atoms with Gasteiger partial charge in [0.25, 0.3) is 0 Å². The van der Waals surface area contributed by atoms with Gasteiger partial charge in [0.1, 0.15) is 5.75 Å². The Bertz CT molecular complexity index is 494. The molecule has 0 aliphatic rings. The summed E-state index contributed by atoms with van der Waals surface area (Å²) in [5.74, 6) is 0.916. The van der Waals surface area contributed by atoms with Crippen molar-refractivity contribution in [3.05, 3.63) is 53.9 Å². The van der Waals surface area contributed by atoms with Gasteiger partial charge in [-0.3, -0.25) is 4.98 Å². The Labute approximate surface area is 108 Å². The maximum atomic E-state index is 5.41. The zero-order valence-corrected chi connectivity index (χ0v) is 10.8. The Kier molecular flexibility index (Phi) is 4.18. The largest absolute Gasteiger partial charge is 0.494 e. The zero-order valence-electron chi connectivity index (χ0n) is 10.8. The number of pyridine rings is 1. The van der Waals surface area contributed by atoms with Crippen LogP contribution in [0.5, 0.6) is 5.75 Å². The molecule has 1 N–H and O–H groups in total. The monoisotopic (exact) mass is 242 g/mol. The van der Waals surface area contributed by atoms with Crippen LogP contribution in [-0.2, 0) is 6.54 Å². The molecule has 3 nitrogen and oxygen atoms in total. The molecule has 94 valence electrons. The zero-order chi connectivity index (χ0) is 12.8. The fourth-order valence-corrected chi connectivity index (χ4v) is 1.72. The molecule has 0 atom stereocenters. The summed E-state index contributed by atoms with van der Waals surface area (Å²) in [6.45, 7) is 5.55. The lowest BCUT2D eigenvalue weighted by Gasteiger charge is -2.09. The van der Waals surface area contributed by atoms with Crippen molar-refractivity contribution in [1.82, 2.24) is 4.98 Å². The van der Waals surface area contributed by atoms with Crippen molar-refractivity contribution < 1.29 is 4.74 Å². The minimum absolute atomic E-state index is 0.701. The van der Waals surface area contributed by atoms with Gasteiger partial charge < -0.3 is 10.1 Å². The second-order valence-electron chi connectivity index (χ2n) is 4.12. The SMILES string of the molecule is CCOc1ccc(CNc2cnccc2C)cc1. The number of hydrogen-bond acceptors (Lipinski definition) is 3. The maximum Gasteiger partial charge on any atom is 0.119 e. The summed E-state index contributed by atoms with van der Waals surface area (Å²) in [4.78, 5) is 4.11. The molecule has 3 heteroatoms. The van der Waals surface area contributed by atoms with Gasteiger partial charge in [0, 0.05) is 12.7 Å². The highest BCUT2D eigenvalue weighted by Gasteiger charge is 1.98. The summed E-state index contributed by atoms with van der Waals surface area (Å²) in [5.41, 5.74) is 3.50. The normalized spacial score (nSPS) is 10.1. The third-order valence-corrected chi connectivity index (χ3v) is 2.76. The lowest BCUT2D eigenvalue weighted by atomic mass is 10.2. The maximum absolute atomic E-state index is 5.41. The molecule has 2 rings (SSSR count). The highest BCUT2D eigenvalue weighted by atomic mass is 16.5. The lowest BCUT2D eigenvalue weighted by molar-refractivity contribution is 0.340. The van der Waals surface area contributed by atoms with Gasteiger partial charge in [0.2, 0.25) is 0 Å². The Morgan fingerprint density at radius 3 is 2.61 bits per heavy atom. The first-order chi connectivity index (χ1) is 8.79. The molecule has 1 aromatic carbocycles. The molecular formula is C15H18N2O. The molecule has 1 heterocycles. The van der Waals surface area contributed by atoms with E-state index >= 15 is 0 Å². The van der Waals surface area contributed by atoms with E-state index < -0.39 is 0 Å². The van der Waals surface area contributed by atoms with Gasteiger partial charge in [0.15, 0.2) is 0 Å². The predicted octanol–water partition coefficient (Wildman–Crippen LogP) is 3.40. The molecule has 0 radical (unpaired) electrons. The van der Waals surface area contributed by atoms with Crippen LogP contribution in [0, 0.1) is 6.92 Å². The van der Waals surface area contributed by atoms with Crippen molar-refractivity contribution in [2.75, 3.05) is 11.9 Å². The standard InChI is InChI=1S/C15H18N2O/c1-3-18-14-6-4-13(5-7-14)10-17-15-11-16-9-8-12(15)2/h4-9,11,17H,3,10H2,1-2H3. The molecule has 2 aromatic rings. The topological polar surface area (TPSA) is 34.1 Å². The van der Waals surface area contributed by atoms with E-state index in [1.807, 2.05) is 31.3 Å². The third-order valence-electron chi connectivity index (χ3n) is 2.76. The molecule has 0 bridgehead atoms. The van der Waals surface area contributed by atoms with Crippen LogP contribution in [0.15, 0.2) is 42.7 Å². The summed E-state index contributed by atoms with van der Waals surface area (Å²) >= 11 is 0. The average Bonchev–Trinajstić information content (AvgIpc) is 2.40. The van der Waals surface area contributed by atoms with Crippen LogP contribution < -0.4 is 10.1 Å². The van der Waals surface area contributed by atoms with Crippen molar-refractivity contribution in [2.45, 2.75) is 20.4 Å². The van der Waals surface area contributed by atoms with E-state index in [9.17, 15) is 0 Å². The summed E-state index contributed by atoms with van der Waals surface area (Å²) in [5, 5.41) is 3.38. The van der Waals surface area contributed by atoms with E-state index in [1.54, 1.807) is 6.20 Å². The first-order valence-electron chi connectivity index (χ1n) is 6.16. The van der Waals surface area contributed by atoms with Crippen LogP contribution in [0.4, 0.5) is 5.69 Å². The van der Waals surface area contributed by atoms with Crippen molar-refractivity contribution in [3.63, 3.8) is 0 Å². The van der Waals surface area contributed by atoms with Gasteiger partial charge in [-0.2, -0.15) is 0 Å². The van der Waals surface area contributed by atoms with Gasteiger partial charge in [-0.05, 0) is 43.2 Å². The summed E-state index contributed by atoms with van der Waals surface area (Å²) in [6.07, 6.45) is 3.65. The van der Waals surface area contributed by atoms with E-state index in [-0.39, 0.29) is 0 Å². The molecule has 0 saturated heterocycles. The van der Waals surface area contributed by atoms with E-state index in [1.165, 1.54) is 11.1 Å². The van der Waals surface area contributed by atoms with E-state index in [0.717, 1.165) is 18.0 Å². The van der Waals surface area contributed by atoms with Crippen LogP contribution in [0.25, 0.3) is 0 Å². The Morgan fingerprint density at radius 1 is 1.17 bits per heavy atom. The molecule has 1 aromatic heterocycles. The second kappa shape index (κ2) is 6.05. The van der Waals surface area contributed by atoms with Gasteiger partial charge in [-0.15, -0.1) is 0 Å². The quantitative estimate of drug-likeness (QED) is 0.872. The van der Waals surface area contributed by atoms with Crippen LogP contribution >= 0.6 is 0 Å². The molecule has 0 aliphatic carbocycles. The number of anilines is 1. The van der Waals surface area contributed by atoms with Crippen LogP contribution in [0.1, 0.15) is 18.1 Å². The van der Waals surface area contributed by atoms with Crippen LogP contribution in [-0.4, -0.2) is 11.6 Å². The van der Waals surface area contributed by atoms with Gasteiger partial charge in [-0.1, -0.05) is 12.1 Å². The molecule has 0 unspecified atom stereocenters. The van der Waals surface area contributed by atoms with Crippen LogP contribution in [0.2, 0.25) is 0 Å². The van der Waals surface area contributed by atoms with Crippen molar-refractivity contribution in [1.29, 1.82) is 0 Å². The van der Waals surface area contributed by atoms with Gasteiger partial charge >= 0.3 is 0 Å². The fraction of sp³-hybridized carbons (Fsp3) is 0.267. The molecule has 0 amide bonds. The first-order valence-corrected chi connectivity index (χ1v) is 6.16. The number of ether oxygens (including phenoxy) is 1. The first kappa shape index (κ1) is 12.4. The second-order valence-corrected chi connectivity index (χ2v) is 4.12. The number of nitrogens with zero attached hydrogens (tertiary/aromatic N) is 1. The number of nitrogens with one attached hydrogen (secondary N) is 1. The molecule has 18 heavy (non-hydrogen) atoms. The van der Waals surface area contributed by atoms with Crippen molar-refractivity contribution >= 4 is 5.69 Å². The molecular weight excluding hydrogens is 224 g/mol. The summed E-state index contributed by atoms with van der Waals surface area (Å²) < 4.78 is 5.41. The number of benzene rings is 1. The Hall–Kier alpha value is -2.03. The van der Waals surface area contributed by atoms with E-state index in [2.05, 4.69) is 29.4 Å². The van der Waals surface area contributed by atoms with Crippen molar-refractivity contribution in [3.8, 4) is 5.75 Å². The Morgan fingerprint density at radius 2 is 1.94 bits per heavy atom. The average molecular weight is 242 g/mol. The van der Waals surface area contributed by atoms with Crippen molar-refractivity contribution in [2.24, 2.45) is 0 Å². The molecule has 0 saturated carbocycles. The highest BCUT2D eigenvalue weighted by Crippen LogP contribution is 2.15. The number of hydrogen-bond donors (Lipinski definition) is 1. The third kappa shape index (κ3) is 3.23. The number of aromatic nitrogens is 1. The van der Waals surface area contributed by atoms with Gasteiger partial charge in [0.05, 0.1) is 18.5 Å². The molecule has 0 spiro atoms. The van der Waals surface area contributed by atoms with Crippen LogP contribution in [0.3, 0.4) is 0 Å². The Balaban J connectivity index is 1.96. The fourth-order valence-electron chi connectivity index (χ4n) is 1.72. The lowest BCUT2D eigenvalue weighted by Crippen LogP contribution is -2.01. The molecule has 0 aliphatic heterocycles. The summed E-state index contributed by atoms with van der Waals surface area (Å²) in [6, 6.07) is 10.1. The highest BCUT2D eigenvalue weighted by molar-refractivity contribution is 5.48.